The number of halogens is 1. The third-order valence-electron chi connectivity index (χ3n) is 2.17. The molecule has 16 heavy (non-hydrogen) atoms. The van der Waals surface area contributed by atoms with Crippen LogP contribution in [-0.2, 0) is 0 Å². The average molecular weight is 224 g/mol. The van der Waals surface area contributed by atoms with Gasteiger partial charge >= 0.3 is 6.03 Å². The van der Waals surface area contributed by atoms with Crippen LogP contribution in [0.1, 0.15) is 26.2 Å². The maximum Gasteiger partial charge on any atom is 0.319 e. The molecular weight excluding hydrogens is 207 g/mol. The van der Waals surface area contributed by atoms with Gasteiger partial charge in [0.05, 0.1) is 0 Å². The molecule has 0 aromatic heterocycles. The Bertz CT molecular complexity index is 324. The van der Waals surface area contributed by atoms with Gasteiger partial charge in [0.2, 0.25) is 0 Å². The Morgan fingerprint density at radius 1 is 1.25 bits per heavy atom. The Hall–Kier alpha value is -1.58. The van der Waals surface area contributed by atoms with Gasteiger partial charge in [-0.3, -0.25) is 0 Å². The van der Waals surface area contributed by atoms with Crippen LogP contribution < -0.4 is 10.6 Å². The van der Waals surface area contributed by atoms with Crippen molar-refractivity contribution in [3.8, 4) is 0 Å². The summed E-state index contributed by atoms with van der Waals surface area (Å²) in [5, 5.41) is 5.37. The van der Waals surface area contributed by atoms with Crippen molar-refractivity contribution >= 4 is 11.7 Å². The van der Waals surface area contributed by atoms with Gasteiger partial charge in [0, 0.05) is 12.2 Å². The molecule has 0 aliphatic rings. The van der Waals surface area contributed by atoms with E-state index in [1.165, 1.54) is 24.3 Å². The molecule has 1 aromatic rings. The first-order chi connectivity index (χ1) is 7.72. The van der Waals surface area contributed by atoms with Crippen LogP contribution in [0.25, 0.3) is 0 Å². The Labute approximate surface area is 95.0 Å². The lowest BCUT2D eigenvalue weighted by molar-refractivity contribution is 0.252. The second-order valence-electron chi connectivity index (χ2n) is 3.59. The van der Waals surface area contributed by atoms with Crippen LogP contribution in [0.5, 0.6) is 0 Å². The van der Waals surface area contributed by atoms with Crippen molar-refractivity contribution in [2.45, 2.75) is 26.2 Å². The Kier molecular flexibility index (Phi) is 5.32. The summed E-state index contributed by atoms with van der Waals surface area (Å²) in [4.78, 5) is 11.3. The maximum absolute atomic E-state index is 12.6. The number of rotatable bonds is 5. The highest BCUT2D eigenvalue weighted by Crippen LogP contribution is 2.07. The molecule has 4 heteroatoms. The minimum absolute atomic E-state index is 0.247. The van der Waals surface area contributed by atoms with E-state index in [-0.39, 0.29) is 11.8 Å². The van der Waals surface area contributed by atoms with E-state index in [0.29, 0.717) is 12.2 Å². The molecule has 1 rings (SSSR count). The van der Waals surface area contributed by atoms with Gasteiger partial charge in [0.25, 0.3) is 0 Å². The molecule has 1 aromatic carbocycles. The standard InChI is InChI=1S/C12H17FN2O/c1-2-3-4-9-14-12(16)15-11-7-5-10(13)6-8-11/h5-8H,2-4,9H2,1H3,(H2,14,15,16). The van der Waals surface area contributed by atoms with Crippen LogP contribution in [0.15, 0.2) is 24.3 Å². The predicted molar refractivity (Wildman–Crippen MR) is 62.9 cm³/mol. The van der Waals surface area contributed by atoms with Crippen LogP contribution >= 0.6 is 0 Å². The van der Waals surface area contributed by atoms with Crippen molar-refractivity contribution in [2.24, 2.45) is 0 Å². The fourth-order valence-corrected chi connectivity index (χ4v) is 1.29. The zero-order valence-electron chi connectivity index (χ0n) is 9.42. The molecule has 0 heterocycles. The number of carbonyl (C=O) groups is 1. The normalized spacial score (nSPS) is 9.88. The second kappa shape index (κ2) is 6.82. The van der Waals surface area contributed by atoms with Crippen LogP contribution in [0.4, 0.5) is 14.9 Å². The molecule has 0 aliphatic carbocycles. The highest BCUT2D eigenvalue weighted by molar-refractivity contribution is 5.89. The summed E-state index contributed by atoms with van der Waals surface area (Å²) in [7, 11) is 0. The largest absolute Gasteiger partial charge is 0.338 e. The number of unbranched alkanes of at least 4 members (excludes halogenated alkanes) is 2. The van der Waals surface area contributed by atoms with E-state index in [9.17, 15) is 9.18 Å². The van der Waals surface area contributed by atoms with Gasteiger partial charge in [0.1, 0.15) is 5.82 Å². The number of urea groups is 1. The average Bonchev–Trinajstić information content (AvgIpc) is 2.28. The summed E-state index contributed by atoms with van der Waals surface area (Å²) in [6, 6.07) is 5.43. The van der Waals surface area contributed by atoms with E-state index in [1.807, 2.05) is 0 Å². The quantitative estimate of drug-likeness (QED) is 0.741. The molecule has 0 spiro atoms. The van der Waals surface area contributed by atoms with E-state index in [2.05, 4.69) is 17.6 Å². The topological polar surface area (TPSA) is 41.1 Å². The van der Waals surface area contributed by atoms with E-state index >= 15 is 0 Å². The first-order valence-corrected chi connectivity index (χ1v) is 5.53. The lowest BCUT2D eigenvalue weighted by Gasteiger charge is -2.06. The fourth-order valence-electron chi connectivity index (χ4n) is 1.29. The fraction of sp³-hybridized carbons (Fsp3) is 0.417. The van der Waals surface area contributed by atoms with Gasteiger partial charge in [0.15, 0.2) is 0 Å². The second-order valence-corrected chi connectivity index (χ2v) is 3.59. The molecule has 0 unspecified atom stereocenters. The predicted octanol–water partition coefficient (Wildman–Crippen LogP) is 3.14. The third kappa shape index (κ3) is 4.77. The number of benzene rings is 1. The van der Waals surface area contributed by atoms with Crippen LogP contribution in [0.3, 0.4) is 0 Å². The van der Waals surface area contributed by atoms with Crippen molar-refractivity contribution in [1.82, 2.24) is 5.32 Å². The van der Waals surface area contributed by atoms with Crippen LogP contribution in [-0.4, -0.2) is 12.6 Å². The van der Waals surface area contributed by atoms with Crippen LogP contribution in [0.2, 0.25) is 0 Å². The molecule has 2 N–H and O–H groups in total. The summed E-state index contributed by atoms with van der Waals surface area (Å²) in [5.74, 6) is -0.311. The Balaban J connectivity index is 2.26. The molecule has 0 aliphatic heterocycles. The van der Waals surface area contributed by atoms with E-state index < -0.39 is 0 Å². The van der Waals surface area contributed by atoms with Gasteiger partial charge in [-0.15, -0.1) is 0 Å². The number of carbonyl (C=O) groups excluding carboxylic acids is 1. The zero-order chi connectivity index (χ0) is 11.8. The lowest BCUT2D eigenvalue weighted by Crippen LogP contribution is -2.29. The summed E-state index contributed by atoms with van der Waals surface area (Å²) in [6.45, 7) is 2.78. The van der Waals surface area contributed by atoms with Gasteiger partial charge < -0.3 is 10.6 Å². The van der Waals surface area contributed by atoms with Crippen molar-refractivity contribution in [1.29, 1.82) is 0 Å². The summed E-state index contributed by atoms with van der Waals surface area (Å²) >= 11 is 0. The van der Waals surface area contributed by atoms with Crippen molar-refractivity contribution in [3.05, 3.63) is 30.1 Å². The molecule has 0 saturated carbocycles. The summed E-state index contributed by atoms with van der Waals surface area (Å²) in [5.41, 5.74) is 0.592. The summed E-state index contributed by atoms with van der Waals surface area (Å²) < 4.78 is 12.6. The first-order valence-electron chi connectivity index (χ1n) is 5.53. The van der Waals surface area contributed by atoms with Crippen LogP contribution in [0, 0.1) is 5.82 Å². The molecule has 3 nitrogen and oxygen atoms in total. The number of hydrogen-bond donors (Lipinski definition) is 2. The molecule has 0 fully saturated rings. The van der Waals surface area contributed by atoms with Crippen molar-refractivity contribution < 1.29 is 9.18 Å². The van der Waals surface area contributed by atoms with E-state index in [4.69, 9.17) is 0 Å². The molecule has 2 amide bonds. The van der Waals surface area contributed by atoms with E-state index in [1.54, 1.807) is 0 Å². The van der Waals surface area contributed by atoms with Gasteiger partial charge in [-0.05, 0) is 30.7 Å². The molecule has 0 atom stereocenters. The van der Waals surface area contributed by atoms with Gasteiger partial charge in [-0.2, -0.15) is 0 Å². The van der Waals surface area contributed by atoms with Crippen molar-refractivity contribution in [2.75, 3.05) is 11.9 Å². The van der Waals surface area contributed by atoms with Gasteiger partial charge in [-0.1, -0.05) is 19.8 Å². The molecule has 0 saturated heterocycles. The molecule has 0 radical (unpaired) electrons. The molecular formula is C12H17FN2O. The molecule has 88 valence electrons. The Morgan fingerprint density at radius 3 is 2.56 bits per heavy atom. The highest BCUT2D eigenvalue weighted by atomic mass is 19.1. The van der Waals surface area contributed by atoms with Crippen molar-refractivity contribution in [3.63, 3.8) is 0 Å². The Morgan fingerprint density at radius 2 is 1.94 bits per heavy atom. The summed E-state index contributed by atoms with van der Waals surface area (Å²) in [6.07, 6.45) is 3.21. The third-order valence-corrected chi connectivity index (χ3v) is 2.17. The number of hydrogen-bond acceptors (Lipinski definition) is 1. The first kappa shape index (κ1) is 12.5. The number of nitrogens with one attached hydrogen (secondary N) is 2. The monoisotopic (exact) mass is 224 g/mol. The molecule has 0 bridgehead atoms. The minimum Gasteiger partial charge on any atom is -0.338 e. The smallest absolute Gasteiger partial charge is 0.319 e. The lowest BCUT2D eigenvalue weighted by atomic mass is 10.2. The van der Waals surface area contributed by atoms with Gasteiger partial charge in [-0.25, -0.2) is 9.18 Å². The number of anilines is 1. The van der Waals surface area contributed by atoms with E-state index in [0.717, 1.165) is 19.3 Å². The highest BCUT2D eigenvalue weighted by Gasteiger charge is 2.00. The number of amides is 2. The minimum atomic E-state index is -0.311. The zero-order valence-corrected chi connectivity index (χ0v) is 9.42. The SMILES string of the molecule is CCCCCNC(=O)Nc1ccc(F)cc1. The maximum atomic E-state index is 12.6.